The molecule has 1 fully saturated rings. The number of benzene rings is 1. The number of methoxy groups -OCH3 is 1. The Morgan fingerprint density at radius 2 is 2.14 bits per heavy atom. The highest BCUT2D eigenvalue weighted by atomic mass is 32.2. The number of aliphatic carboxylic acids is 1. The number of aliphatic hydroxyl groups excluding tert-OH is 1. The largest absolute Gasteiger partial charge is 0.497 e. The van der Waals surface area contributed by atoms with Crippen molar-refractivity contribution in [1.82, 2.24) is 14.5 Å². The monoisotopic (exact) mass is 511 g/mol. The van der Waals surface area contributed by atoms with Gasteiger partial charge in [0.1, 0.15) is 5.75 Å². The number of pyridine rings is 1. The third-order valence-electron chi connectivity index (χ3n) is 7.33. The highest BCUT2D eigenvalue weighted by Crippen LogP contribution is 2.35. The number of nitrogens with zero attached hydrogens (tertiary/aromatic N) is 3. The molecule has 3 heterocycles. The van der Waals surface area contributed by atoms with Gasteiger partial charge in [-0.25, -0.2) is 0 Å². The normalized spacial score (nSPS) is 19.4. The number of ether oxygens (including phenoxy) is 1. The molecule has 4 rings (SSSR count). The molecular formula is C28H37N3O4S. The number of carboxylic acid groups (broad SMARTS) is 1. The van der Waals surface area contributed by atoms with Crippen LogP contribution in [0, 0.1) is 11.8 Å². The minimum absolute atomic E-state index is 0.109. The molecule has 8 heteroatoms. The maximum Gasteiger partial charge on any atom is 0.303 e. The average Bonchev–Trinajstić information content (AvgIpc) is 3.29. The number of aromatic nitrogens is 2. The number of rotatable bonds is 12. The van der Waals surface area contributed by atoms with E-state index in [1.807, 2.05) is 36.0 Å². The Labute approximate surface area is 217 Å². The fourth-order valence-corrected chi connectivity index (χ4v) is 6.27. The summed E-state index contributed by atoms with van der Waals surface area (Å²) in [5, 5.41) is 22.8. The van der Waals surface area contributed by atoms with Crippen LogP contribution >= 0.6 is 11.8 Å². The van der Waals surface area contributed by atoms with E-state index in [0.29, 0.717) is 12.3 Å². The molecule has 1 unspecified atom stereocenters. The van der Waals surface area contributed by atoms with Crippen LogP contribution in [0.1, 0.15) is 43.8 Å². The summed E-state index contributed by atoms with van der Waals surface area (Å²) in [4.78, 5) is 18.5. The van der Waals surface area contributed by atoms with Crippen LogP contribution in [0.2, 0.25) is 0 Å². The number of carboxylic acids is 1. The Hall–Kier alpha value is -2.55. The Morgan fingerprint density at radius 1 is 1.28 bits per heavy atom. The Balaban J connectivity index is 1.32. The van der Waals surface area contributed by atoms with E-state index in [1.165, 1.54) is 5.03 Å². The molecule has 7 nitrogen and oxygen atoms in total. The number of thioether (sulfide) groups is 1. The van der Waals surface area contributed by atoms with Crippen molar-refractivity contribution in [3.63, 3.8) is 0 Å². The second kappa shape index (κ2) is 12.6. The molecule has 1 aliphatic rings. The molecular weight excluding hydrogens is 474 g/mol. The van der Waals surface area contributed by atoms with Gasteiger partial charge in [0, 0.05) is 43.5 Å². The molecule has 1 aliphatic heterocycles. The highest BCUT2D eigenvalue weighted by molar-refractivity contribution is 7.99. The van der Waals surface area contributed by atoms with Gasteiger partial charge in [-0.15, -0.1) is 11.8 Å². The second-order valence-corrected chi connectivity index (χ2v) is 10.9. The van der Waals surface area contributed by atoms with Gasteiger partial charge in [0.15, 0.2) is 0 Å². The van der Waals surface area contributed by atoms with Gasteiger partial charge in [-0.1, -0.05) is 0 Å². The van der Waals surface area contributed by atoms with Crippen molar-refractivity contribution in [3.8, 4) is 5.75 Å². The minimum atomic E-state index is -0.737. The lowest BCUT2D eigenvalue weighted by Gasteiger charge is -2.38. The van der Waals surface area contributed by atoms with Crippen LogP contribution in [0.25, 0.3) is 10.9 Å². The summed E-state index contributed by atoms with van der Waals surface area (Å²) in [6, 6.07) is 11.8. The van der Waals surface area contributed by atoms with E-state index in [0.717, 1.165) is 66.9 Å². The molecule has 0 amide bonds. The number of carbonyl (C=O) groups is 1. The van der Waals surface area contributed by atoms with E-state index < -0.39 is 12.1 Å². The lowest BCUT2D eigenvalue weighted by molar-refractivity contribution is -0.139. The van der Waals surface area contributed by atoms with Crippen LogP contribution in [0.15, 0.2) is 53.8 Å². The molecule has 0 bridgehead atoms. The topological polar surface area (TPSA) is 87.8 Å². The molecule has 1 saturated heterocycles. The molecule has 0 saturated carbocycles. The van der Waals surface area contributed by atoms with Crippen LogP contribution in [0.5, 0.6) is 5.75 Å². The lowest BCUT2D eigenvalue weighted by Crippen LogP contribution is -2.42. The summed E-state index contributed by atoms with van der Waals surface area (Å²) in [5.74, 6) is 1.46. The zero-order valence-corrected chi connectivity index (χ0v) is 22.0. The quantitative estimate of drug-likeness (QED) is 0.262. The number of likely N-dealkylation sites (tertiary alicyclic amines) is 1. The number of hydrogen-bond donors (Lipinski definition) is 2. The summed E-state index contributed by atoms with van der Waals surface area (Å²) in [6.45, 7) is 2.80. The van der Waals surface area contributed by atoms with E-state index in [1.54, 1.807) is 13.3 Å². The van der Waals surface area contributed by atoms with Gasteiger partial charge >= 0.3 is 5.97 Å². The third-order valence-corrected chi connectivity index (χ3v) is 8.54. The maximum absolute atomic E-state index is 11.6. The van der Waals surface area contributed by atoms with Crippen LogP contribution in [0.4, 0.5) is 0 Å². The zero-order chi connectivity index (χ0) is 25.5. The SMILES string of the molecule is COc1ccc2nccc(C(O)CC[C@@H]3CCN(CCCSc4cccn4C)C[C@@H]3CC(=O)O)c2c1. The summed E-state index contributed by atoms with van der Waals surface area (Å²) in [5.41, 5.74) is 1.68. The number of aryl methyl sites for hydroxylation is 1. The summed E-state index contributed by atoms with van der Waals surface area (Å²) in [6.07, 6.45) is 6.82. The van der Waals surface area contributed by atoms with Crippen molar-refractivity contribution < 1.29 is 19.7 Å². The van der Waals surface area contributed by atoms with E-state index in [9.17, 15) is 15.0 Å². The van der Waals surface area contributed by atoms with E-state index in [-0.39, 0.29) is 12.3 Å². The first kappa shape index (κ1) is 26.5. The predicted molar refractivity (Wildman–Crippen MR) is 144 cm³/mol. The van der Waals surface area contributed by atoms with Gasteiger partial charge in [0.25, 0.3) is 0 Å². The van der Waals surface area contributed by atoms with Crippen molar-refractivity contribution in [1.29, 1.82) is 0 Å². The fourth-order valence-electron chi connectivity index (χ4n) is 5.35. The Morgan fingerprint density at radius 3 is 2.89 bits per heavy atom. The molecule has 1 aromatic carbocycles. The first-order chi connectivity index (χ1) is 17.4. The number of hydrogen-bond acceptors (Lipinski definition) is 6. The van der Waals surface area contributed by atoms with Gasteiger partial charge < -0.3 is 24.4 Å². The first-order valence-electron chi connectivity index (χ1n) is 12.7. The van der Waals surface area contributed by atoms with Crippen LogP contribution in [0.3, 0.4) is 0 Å². The number of piperidine rings is 1. The second-order valence-electron chi connectivity index (χ2n) is 9.74. The molecule has 194 valence electrons. The average molecular weight is 512 g/mol. The molecule has 2 N–H and O–H groups in total. The molecule has 3 aromatic rings. The number of fused-ring (bicyclic) bond motifs is 1. The molecule has 0 radical (unpaired) electrons. The van der Waals surface area contributed by atoms with Crippen molar-refractivity contribution in [2.75, 3.05) is 32.5 Å². The predicted octanol–water partition coefficient (Wildman–Crippen LogP) is 4.99. The summed E-state index contributed by atoms with van der Waals surface area (Å²) < 4.78 is 7.50. The van der Waals surface area contributed by atoms with E-state index >= 15 is 0 Å². The summed E-state index contributed by atoms with van der Waals surface area (Å²) >= 11 is 1.87. The lowest BCUT2D eigenvalue weighted by atomic mass is 9.79. The third kappa shape index (κ3) is 6.81. The fraction of sp³-hybridized carbons (Fsp3) is 0.500. The smallest absolute Gasteiger partial charge is 0.303 e. The molecule has 36 heavy (non-hydrogen) atoms. The molecule has 0 aliphatic carbocycles. The standard InChI is InChI=1S/C28H37N3O4S/c1-30-13-3-5-27(30)36-16-4-14-31-15-11-20(21(19-31)17-28(33)34)6-9-26(32)23-10-12-29-25-8-7-22(35-2)18-24(23)25/h3,5,7-8,10,12-13,18,20-21,26,32H,4,6,9,11,14-17,19H2,1-2H3,(H,33,34)/t20-,21+,26?/m1/s1. The maximum atomic E-state index is 11.6. The van der Waals surface area contributed by atoms with E-state index in [4.69, 9.17) is 4.74 Å². The molecule has 2 aromatic heterocycles. The Bertz CT molecular complexity index is 1150. The van der Waals surface area contributed by atoms with Gasteiger partial charge in [0.2, 0.25) is 0 Å². The van der Waals surface area contributed by atoms with Crippen molar-refractivity contribution in [2.45, 2.75) is 43.2 Å². The van der Waals surface area contributed by atoms with Gasteiger partial charge in [-0.05, 0) is 92.6 Å². The first-order valence-corrected chi connectivity index (χ1v) is 13.7. The van der Waals surface area contributed by atoms with Gasteiger partial charge in [0.05, 0.1) is 23.8 Å². The van der Waals surface area contributed by atoms with Crippen LogP contribution in [-0.4, -0.2) is 63.1 Å². The summed E-state index contributed by atoms with van der Waals surface area (Å²) in [7, 11) is 3.69. The van der Waals surface area contributed by atoms with Gasteiger partial charge in [-0.3, -0.25) is 9.78 Å². The molecule has 0 spiro atoms. The van der Waals surface area contributed by atoms with Gasteiger partial charge in [-0.2, -0.15) is 0 Å². The minimum Gasteiger partial charge on any atom is -0.497 e. The highest BCUT2D eigenvalue weighted by Gasteiger charge is 2.31. The number of aliphatic hydroxyl groups is 1. The zero-order valence-electron chi connectivity index (χ0n) is 21.2. The van der Waals surface area contributed by atoms with E-state index in [2.05, 4.69) is 39.8 Å². The van der Waals surface area contributed by atoms with Crippen LogP contribution in [-0.2, 0) is 11.8 Å². The van der Waals surface area contributed by atoms with Crippen molar-refractivity contribution >= 4 is 28.6 Å². The molecule has 3 atom stereocenters. The Kier molecular flexibility index (Phi) is 9.29. The van der Waals surface area contributed by atoms with Crippen LogP contribution < -0.4 is 4.74 Å². The van der Waals surface area contributed by atoms with Crippen molar-refractivity contribution in [2.24, 2.45) is 18.9 Å². The van der Waals surface area contributed by atoms with Crippen molar-refractivity contribution in [3.05, 3.63) is 54.4 Å².